The van der Waals surface area contributed by atoms with Gasteiger partial charge in [-0.05, 0) is 26.0 Å². The highest BCUT2D eigenvalue weighted by Crippen LogP contribution is 2.29. The molecule has 9 heteroatoms. The van der Waals surface area contributed by atoms with Gasteiger partial charge in [0.15, 0.2) is 11.0 Å². The number of nitrogens with one attached hydrogen (secondary N) is 1. The molecule has 0 aliphatic carbocycles. The van der Waals surface area contributed by atoms with Gasteiger partial charge < -0.3 is 14.6 Å². The van der Waals surface area contributed by atoms with Crippen LogP contribution in [0.25, 0.3) is 11.4 Å². The van der Waals surface area contributed by atoms with Gasteiger partial charge in [0.2, 0.25) is 5.91 Å². The zero-order valence-electron chi connectivity index (χ0n) is 16.0. The van der Waals surface area contributed by atoms with Crippen LogP contribution in [0.3, 0.4) is 0 Å². The average molecular weight is 417 g/mol. The summed E-state index contributed by atoms with van der Waals surface area (Å²) in [6, 6.07) is 9.72. The van der Waals surface area contributed by atoms with Crippen molar-refractivity contribution >= 4 is 40.0 Å². The van der Waals surface area contributed by atoms with Crippen LogP contribution in [0.15, 0.2) is 35.5 Å². The monoisotopic (exact) mass is 416 g/mol. The Morgan fingerprint density at radius 3 is 2.75 bits per heavy atom. The Hall–Kier alpha value is -2.65. The van der Waals surface area contributed by atoms with E-state index >= 15 is 0 Å². The Morgan fingerprint density at radius 1 is 1.25 bits per heavy atom. The molecule has 0 fully saturated rings. The molecule has 2 aromatic heterocycles. The number of thioether (sulfide) groups is 1. The van der Waals surface area contributed by atoms with Crippen LogP contribution < -0.4 is 5.32 Å². The summed E-state index contributed by atoms with van der Waals surface area (Å²) < 4.78 is 6.62. The maximum absolute atomic E-state index is 12.4. The maximum Gasteiger partial charge on any atom is 0.340 e. The number of esters is 1. The molecule has 0 aliphatic rings. The van der Waals surface area contributed by atoms with Crippen LogP contribution in [0, 0.1) is 13.8 Å². The highest BCUT2D eigenvalue weighted by Gasteiger charge is 2.18. The molecule has 3 rings (SSSR count). The van der Waals surface area contributed by atoms with Gasteiger partial charge in [-0.3, -0.25) is 4.79 Å². The lowest BCUT2D eigenvalue weighted by Gasteiger charge is -2.06. The summed E-state index contributed by atoms with van der Waals surface area (Å²) in [5.41, 5.74) is 2.48. The number of anilines is 1. The number of aromatic nitrogens is 3. The van der Waals surface area contributed by atoms with Gasteiger partial charge in [-0.2, -0.15) is 0 Å². The fourth-order valence-electron chi connectivity index (χ4n) is 2.64. The van der Waals surface area contributed by atoms with Crippen LogP contribution in [0.2, 0.25) is 0 Å². The van der Waals surface area contributed by atoms with Crippen LogP contribution in [0.1, 0.15) is 20.8 Å². The van der Waals surface area contributed by atoms with Crippen LogP contribution in [0.5, 0.6) is 0 Å². The molecule has 0 saturated carbocycles. The van der Waals surface area contributed by atoms with E-state index in [1.165, 1.54) is 30.2 Å². The third kappa shape index (κ3) is 4.42. The molecule has 2 heterocycles. The Balaban J connectivity index is 1.67. The molecule has 7 nitrogen and oxygen atoms in total. The molecule has 0 radical (unpaired) electrons. The van der Waals surface area contributed by atoms with E-state index in [4.69, 9.17) is 4.74 Å². The number of thiophene rings is 1. The maximum atomic E-state index is 12.4. The fourth-order valence-corrected chi connectivity index (χ4v) is 4.26. The van der Waals surface area contributed by atoms with Gasteiger partial charge in [0.1, 0.15) is 5.00 Å². The third-order valence-corrected chi connectivity index (χ3v) is 5.94. The summed E-state index contributed by atoms with van der Waals surface area (Å²) in [7, 11) is 3.19. The Kier molecular flexibility index (Phi) is 6.15. The second kappa shape index (κ2) is 8.57. The molecule has 1 N–H and O–H groups in total. The Bertz CT molecular complexity index is 1030. The van der Waals surface area contributed by atoms with Crippen molar-refractivity contribution < 1.29 is 14.3 Å². The number of hydrogen-bond acceptors (Lipinski definition) is 7. The Morgan fingerprint density at radius 2 is 2.04 bits per heavy atom. The van der Waals surface area contributed by atoms with E-state index in [-0.39, 0.29) is 11.7 Å². The standard InChI is InChI=1S/C19H20N4O3S2/c1-11-6-5-7-13(8-11)16-21-22-19(23(16)3)27-10-15(24)20-17-14(18(25)26-4)9-12(2)28-17/h5-9H,10H2,1-4H3,(H,20,24). The van der Waals surface area contributed by atoms with E-state index in [2.05, 4.69) is 15.5 Å². The molecule has 1 amide bonds. The van der Waals surface area contributed by atoms with Gasteiger partial charge in [0.25, 0.3) is 0 Å². The van der Waals surface area contributed by atoms with Crippen molar-refractivity contribution in [3.63, 3.8) is 0 Å². The number of benzene rings is 1. The number of amides is 1. The molecule has 0 saturated heterocycles. The van der Waals surface area contributed by atoms with E-state index in [9.17, 15) is 9.59 Å². The molecule has 0 bridgehead atoms. The molecule has 1 aromatic carbocycles. The van der Waals surface area contributed by atoms with Crippen molar-refractivity contribution in [2.24, 2.45) is 7.05 Å². The first-order valence-electron chi connectivity index (χ1n) is 8.47. The second-order valence-electron chi connectivity index (χ2n) is 6.16. The smallest absolute Gasteiger partial charge is 0.340 e. The third-order valence-electron chi connectivity index (χ3n) is 3.96. The van der Waals surface area contributed by atoms with Crippen LogP contribution >= 0.6 is 23.1 Å². The number of carbonyl (C=O) groups is 2. The highest BCUT2D eigenvalue weighted by atomic mass is 32.2. The lowest BCUT2D eigenvalue weighted by atomic mass is 10.1. The molecule has 0 atom stereocenters. The molecule has 0 spiro atoms. The lowest BCUT2D eigenvalue weighted by Crippen LogP contribution is -2.16. The topological polar surface area (TPSA) is 86.1 Å². The normalized spacial score (nSPS) is 10.7. The molecule has 146 valence electrons. The van der Waals surface area contributed by atoms with Crippen molar-refractivity contribution in [1.82, 2.24) is 14.8 Å². The number of ether oxygens (including phenoxy) is 1. The summed E-state index contributed by atoms with van der Waals surface area (Å²) in [5.74, 6) is 0.200. The second-order valence-corrected chi connectivity index (χ2v) is 8.36. The first-order valence-corrected chi connectivity index (χ1v) is 10.3. The zero-order chi connectivity index (χ0) is 20.3. The largest absolute Gasteiger partial charge is 0.465 e. The van der Waals surface area contributed by atoms with Crippen molar-refractivity contribution in [2.75, 3.05) is 18.2 Å². The van der Waals surface area contributed by atoms with Crippen LogP contribution in [-0.2, 0) is 16.6 Å². The van der Waals surface area contributed by atoms with Crippen LogP contribution in [-0.4, -0.2) is 39.5 Å². The van der Waals surface area contributed by atoms with Crippen molar-refractivity contribution in [3.8, 4) is 11.4 Å². The lowest BCUT2D eigenvalue weighted by molar-refractivity contribution is -0.113. The van der Waals surface area contributed by atoms with Gasteiger partial charge in [-0.1, -0.05) is 35.5 Å². The molecule has 0 unspecified atom stereocenters. The number of rotatable bonds is 6. The molecule has 3 aromatic rings. The quantitative estimate of drug-likeness (QED) is 0.487. The number of nitrogens with zero attached hydrogens (tertiary/aromatic N) is 3. The average Bonchev–Trinajstić information content (AvgIpc) is 3.21. The molecular formula is C19H20N4O3S2. The summed E-state index contributed by atoms with van der Waals surface area (Å²) in [5, 5.41) is 12.3. The summed E-state index contributed by atoms with van der Waals surface area (Å²) in [6.07, 6.45) is 0. The van der Waals surface area contributed by atoms with Crippen molar-refractivity contribution in [1.29, 1.82) is 0 Å². The van der Waals surface area contributed by atoms with E-state index in [0.717, 1.165) is 21.8 Å². The minimum absolute atomic E-state index is 0.150. The van der Waals surface area contributed by atoms with E-state index in [0.29, 0.717) is 15.7 Å². The van der Waals surface area contributed by atoms with Crippen molar-refractivity contribution in [3.05, 3.63) is 46.3 Å². The van der Waals surface area contributed by atoms with E-state index in [1.807, 2.05) is 49.7 Å². The van der Waals surface area contributed by atoms with Gasteiger partial charge >= 0.3 is 5.97 Å². The molecule has 0 aliphatic heterocycles. The summed E-state index contributed by atoms with van der Waals surface area (Å²) >= 11 is 2.63. The number of carbonyl (C=O) groups excluding carboxylic acids is 2. The summed E-state index contributed by atoms with van der Waals surface area (Å²) in [4.78, 5) is 25.1. The highest BCUT2D eigenvalue weighted by molar-refractivity contribution is 7.99. The predicted octanol–water partition coefficient (Wildman–Crippen LogP) is 3.68. The minimum atomic E-state index is -0.469. The summed E-state index contributed by atoms with van der Waals surface area (Å²) in [6.45, 7) is 3.89. The van der Waals surface area contributed by atoms with Crippen LogP contribution in [0.4, 0.5) is 5.00 Å². The number of methoxy groups -OCH3 is 1. The minimum Gasteiger partial charge on any atom is -0.465 e. The van der Waals surface area contributed by atoms with E-state index < -0.39 is 5.97 Å². The number of aryl methyl sites for hydroxylation is 2. The Labute approximate surface area is 171 Å². The first kappa shape index (κ1) is 20.1. The first-order chi connectivity index (χ1) is 13.4. The van der Waals surface area contributed by atoms with Gasteiger partial charge in [0.05, 0.1) is 18.4 Å². The molecular weight excluding hydrogens is 396 g/mol. The van der Waals surface area contributed by atoms with Gasteiger partial charge in [0, 0.05) is 17.5 Å². The SMILES string of the molecule is COC(=O)c1cc(C)sc1NC(=O)CSc1nnc(-c2cccc(C)c2)n1C. The zero-order valence-corrected chi connectivity index (χ0v) is 17.6. The van der Waals surface area contributed by atoms with Gasteiger partial charge in [-0.25, -0.2) is 4.79 Å². The fraction of sp³-hybridized carbons (Fsp3) is 0.263. The van der Waals surface area contributed by atoms with E-state index in [1.54, 1.807) is 6.07 Å². The van der Waals surface area contributed by atoms with Crippen molar-refractivity contribution in [2.45, 2.75) is 19.0 Å². The predicted molar refractivity (Wildman–Crippen MR) is 111 cm³/mol. The van der Waals surface area contributed by atoms with Gasteiger partial charge in [-0.15, -0.1) is 21.5 Å². The molecule has 28 heavy (non-hydrogen) atoms. The number of hydrogen-bond donors (Lipinski definition) is 1.